The van der Waals surface area contributed by atoms with Crippen LogP contribution < -0.4 is 14.8 Å². The van der Waals surface area contributed by atoms with Crippen molar-refractivity contribution in [3.05, 3.63) is 89.0 Å². The van der Waals surface area contributed by atoms with Crippen molar-refractivity contribution in [2.75, 3.05) is 19.5 Å². The number of rotatable bonds is 8. The Hall–Kier alpha value is -3.80. The summed E-state index contributed by atoms with van der Waals surface area (Å²) in [4.78, 5) is 26.3. The highest BCUT2D eigenvalue weighted by molar-refractivity contribution is 6.07. The molecule has 1 heterocycles. The molecule has 0 saturated carbocycles. The van der Waals surface area contributed by atoms with E-state index in [-0.39, 0.29) is 5.91 Å². The average Bonchev–Trinajstić information content (AvgIpc) is 3.09. The highest BCUT2D eigenvalue weighted by Crippen LogP contribution is 2.43. The first kappa shape index (κ1) is 22.4. The molecule has 4 rings (SSSR count). The van der Waals surface area contributed by atoms with Gasteiger partial charge >= 0.3 is 5.97 Å². The lowest BCUT2D eigenvalue weighted by atomic mass is 9.87. The third-order valence-corrected chi connectivity index (χ3v) is 5.91. The van der Waals surface area contributed by atoms with Gasteiger partial charge in [-0.25, -0.2) is 4.79 Å². The van der Waals surface area contributed by atoms with E-state index in [4.69, 9.17) is 14.2 Å². The molecule has 0 bridgehead atoms. The third kappa shape index (κ3) is 4.55. The number of carbonyl (C=O) groups excluding carboxylic acids is 2. The second kappa shape index (κ2) is 9.36. The second-order valence-corrected chi connectivity index (χ2v) is 8.16. The zero-order valence-electron chi connectivity index (χ0n) is 19.0. The van der Waals surface area contributed by atoms with E-state index in [2.05, 4.69) is 5.32 Å². The summed E-state index contributed by atoms with van der Waals surface area (Å²) in [6, 6.07) is 20.1. The number of ether oxygens (including phenoxy) is 3. The van der Waals surface area contributed by atoms with Gasteiger partial charge in [-0.3, -0.25) is 4.79 Å². The SMILES string of the molecule is COc1cc(CCCC2(OC(=O)c3ccccc3)C(=O)Nc3ccc(C)cc32)cc(OC)c1. The van der Waals surface area contributed by atoms with Crippen LogP contribution in [0.1, 0.15) is 39.9 Å². The normalized spacial score (nSPS) is 16.6. The van der Waals surface area contributed by atoms with E-state index in [1.54, 1.807) is 38.5 Å². The number of esters is 1. The fourth-order valence-corrected chi connectivity index (χ4v) is 4.19. The topological polar surface area (TPSA) is 73.9 Å². The predicted octanol–water partition coefficient (Wildman–Crippen LogP) is 5.04. The summed E-state index contributed by atoms with van der Waals surface area (Å²) in [7, 11) is 3.22. The summed E-state index contributed by atoms with van der Waals surface area (Å²) >= 11 is 0. The summed E-state index contributed by atoms with van der Waals surface area (Å²) in [5.41, 5.74) is 2.39. The van der Waals surface area contributed by atoms with Gasteiger partial charge in [-0.2, -0.15) is 0 Å². The van der Waals surface area contributed by atoms with Crippen LogP contribution in [0.3, 0.4) is 0 Å². The number of hydrogen-bond donors (Lipinski definition) is 1. The van der Waals surface area contributed by atoms with Crippen LogP contribution in [0.4, 0.5) is 5.69 Å². The van der Waals surface area contributed by atoms with Crippen molar-refractivity contribution in [2.45, 2.75) is 31.8 Å². The Bertz CT molecular complexity index is 1150. The molecule has 1 unspecified atom stereocenters. The van der Waals surface area contributed by atoms with Gasteiger partial charge in [0, 0.05) is 23.7 Å². The third-order valence-electron chi connectivity index (χ3n) is 5.91. The van der Waals surface area contributed by atoms with E-state index >= 15 is 0 Å². The molecule has 170 valence electrons. The summed E-state index contributed by atoms with van der Waals surface area (Å²) < 4.78 is 16.7. The molecule has 6 nitrogen and oxygen atoms in total. The molecular formula is C27H27NO5. The highest BCUT2D eigenvalue weighted by atomic mass is 16.6. The molecule has 1 aliphatic heterocycles. The molecule has 6 heteroatoms. The maximum atomic E-state index is 13.2. The monoisotopic (exact) mass is 445 g/mol. The summed E-state index contributed by atoms with van der Waals surface area (Å²) in [5.74, 6) is 0.557. The lowest BCUT2D eigenvalue weighted by molar-refractivity contribution is -0.135. The minimum absolute atomic E-state index is 0.324. The van der Waals surface area contributed by atoms with E-state index in [1.165, 1.54) is 0 Å². The number of nitrogens with one attached hydrogen (secondary N) is 1. The quantitative estimate of drug-likeness (QED) is 0.492. The first-order valence-electron chi connectivity index (χ1n) is 10.9. The number of amides is 1. The van der Waals surface area contributed by atoms with Crippen LogP contribution in [0.5, 0.6) is 11.5 Å². The standard InChI is InChI=1S/C27H27NO5/c1-18-11-12-24-23(14-18)27(26(30)28-24,33-25(29)20-9-5-4-6-10-20)13-7-8-19-15-21(31-2)17-22(16-19)32-3/h4-6,9-12,14-17H,7-8,13H2,1-3H3,(H,28,30). The summed E-state index contributed by atoms with van der Waals surface area (Å²) in [5, 5.41) is 2.90. The lowest BCUT2D eigenvalue weighted by Crippen LogP contribution is -2.39. The van der Waals surface area contributed by atoms with E-state index < -0.39 is 11.6 Å². The number of carbonyl (C=O) groups is 2. The van der Waals surface area contributed by atoms with Crippen LogP contribution in [0, 0.1) is 6.92 Å². The van der Waals surface area contributed by atoms with Gasteiger partial charge in [-0.15, -0.1) is 0 Å². The largest absolute Gasteiger partial charge is 0.497 e. The highest BCUT2D eigenvalue weighted by Gasteiger charge is 2.50. The molecule has 0 saturated heterocycles. The molecule has 0 fully saturated rings. The zero-order valence-corrected chi connectivity index (χ0v) is 19.0. The van der Waals surface area contributed by atoms with Crippen LogP contribution in [0.15, 0.2) is 66.7 Å². The molecule has 0 spiro atoms. The molecule has 1 amide bonds. The average molecular weight is 446 g/mol. The van der Waals surface area contributed by atoms with Crippen LogP contribution >= 0.6 is 0 Å². The fraction of sp³-hybridized carbons (Fsp3) is 0.259. The van der Waals surface area contributed by atoms with Crippen LogP contribution in [-0.4, -0.2) is 26.1 Å². The number of benzene rings is 3. The maximum absolute atomic E-state index is 13.2. The van der Waals surface area contributed by atoms with Gasteiger partial charge in [0.05, 0.1) is 19.8 Å². The minimum Gasteiger partial charge on any atom is -0.497 e. The van der Waals surface area contributed by atoms with Gasteiger partial charge in [-0.05, 0) is 61.7 Å². The van der Waals surface area contributed by atoms with Gasteiger partial charge in [0.25, 0.3) is 5.91 Å². The van der Waals surface area contributed by atoms with Crippen LogP contribution in [-0.2, 0) is 21.6 Å². The van der Waals surface area contributed by atoms with E-state index in [0.29, 0.717) is 47.6 Å². The molecule has 1 aliphatic rings. The number of fused-ring (bicyclic) bond motifs is 1. The zero-order chi connectivity index (χ0) is 23.4. The molecule has 1 atom stereocenters. The minimum atomic E-state index is -1.39. The van der Waals surface area contributed by atoms with Crippen molar-refractivity contribution >= 4 is 17.6 Å². The molecule has 0 aromatic heterocycles. The van der Waals surface area contributed by atoms with Crippen molar-refractivity contribution < 1.29 is 23.8 Å². The predicted molar refractivity (Wildman–Crippen MR) is 126 cm³/mol. The molecule has 0 radical (unpaired) electrons. The summed E-state index contributed by atoms with van der Waals surface area (Å²) in [6.45, 7) is 1.95. The van der Waals surface area contributed by atoms with Crippen molar-refractivity contribution in [3.8, 4) is 11.5 Å². The number of hydrogen-bond acceptors (Lipinski definition) is 5. The maximum Gasteiger partial charge on any atom is 0.339 e. The first-order valence-corrected chi connectivity index (χ1v) is 10.9. The van der Waals surface area contributed by atoms with Gasteiger partial charge in [0.2, 0.25) is 5.60 Å². The summed E-state index contributed by atoms with van der Waals surface area (Å²) in [6.07, 6.45) is 1.61. The van der Waals surface area contributed by atoms with Crippen molar-refractivity contribution in [1.82, 2.24) is 0 Å². The van der Waals surface area contributed by atoms with Crippen molar-refractivity contribution in [2.24, 2.45) is 0 Å². The fourth-order valence-electron chi connectivity index (χ4n) is 4.19. The number of aryl methyl sites for hydroxylation is 2. The number of anilines is 1. The molecule has 33 heavy (non-hydrogen) atoms. The Balaban J connectivity index is 1.63. The van der Waals surface area contributed by atoms with Crippen molar-refractivity contribution in [1.29, 1.82) is 0 Å². The van der Waals surface area contributed by atoms with Gasteiger partial charge in [0.15, 0.2) is 0 Å². The van der Waals surface area contributed by atoms with Crippen molar-refractivity contribution in [3.63, 3.8) is 0 Å². The molecule has 3 aromatic rings. The Morgan fingerprint density at radius 1 is 0.939 bits per heavy atom. The van der Waals surface area contributed by atoms with Gasteiger partial charge in [0.1, 0.15) is 11.5 Å². The smallest absolute Gasteiger partial charge is 0.339 e. The number of methoxy groups -OCH3 is 2. The van der Waals surface area contributed by atoms with E-state index in [0.717, 1.165) is 11.1 Å². The molecular weight excluding hydrogens is 418 g/mol. The Morgan fingerprint density at radius 2 is 1.64 bits per heavy atom. The van der Waals surface area contributed by atoms with E-state index in [9.17, 15) is 9.59 Å². The Morgan fingerprint density at radius 3 is 2.30 bits per heavy atom. The van der Waals surface area contributed by atoms with Gasteiger partial charge in [-0.1, -0.05) is 29.8 Å². The molecule has 1 N–H and O–H groups in total. The Labute approximate surface area is 193 Å². The second-order valence-electron chi connectivity index (χ2n) is 8.16. The first-order chi connectivity index (χ1) is 15.9. The van der Waals surface area contributed by atoms with Gasteiger partial charge < -0.3 is 19.5 Å². The molecule has 3 aromatic carbocycles. The lowest BCUT2D eigenvalue weighted by Gasteiger charge is -2.28. The Kier molecular flexibility index (Phi) is 6.36. The van der Waals surface area contributed by atoms with Crippen LogP contribution in [0.2, 0.25) is 0 Å². The van der Waals surface area contributed by atoms with Crippen LogP contribution in [0.25, 0.3) is 0 Å². The molecule has 0 aliphatic carbocycles. The van der Waals surface area contributed by atoms with E-state index in [1.807, 2.05) is 49.4 Å².